The summed E-state index contributed by atoms with van der Waals surface area (Å²) < 4.78 is 1.82. The normalized spacial score (nSPS) is 18.0. The van der Waals surface area contributed by atoms with Crippen LogP contribution in [0.5, 0.6) is 5.75 Å². The van der Waals surface area contributed by atoms with Gasteiger partial charge in [-0.15, -0.1) is 28.2 Å². The molecule has 0 unspecified atom stereocenters. The zero-order valence-corrected chi connectivity index (χ0v) is 26.7. The molecule has 2 amide bonds. The monoisotopic (exact) mass is 658 g/mol. The van der Waals surface area contributed by atoms with Crippen molar-refractivity contribution in [3.63, 3.8) is 0 Å². The summed E-state index contributed by atoms with van der Waals surface area (Å²) in [6.45, 7) is -0.140. The van der Waals surface area contributed by atoms with Crippen LogP contribution in [0.25, 0.3) is 0 Å². The first kappa shape index (κ1) is 32.3. The number of anilines is 1. The number of carbonyl (C=O) groups is 3. The van der Waals surface area contributed by atoms with Crippen molar-refractivity contribution in [1.82, 2.24) is 40.1 Å². The number of amides is 2. The molecule has 43 heavy (non-hydrogen) atoms. The average molecular weight is 659 g/mol. The van der Waals surface area contributed by atoms with Gasteiger partial charge in [-0.2, -0.15) is 4.73 Å². The maximum Gasteiger partial charge on any atom is 1.00 e. The van der Waals surface area contributed by atoms with E-state index in [-0.39, 0.29) is 80.7 Å². The molecule has 0 aromatic carbocycles. The minimum absolute atomic E-state index is 0. The first-order chi connectivity index (χ1) is 20.1. The van der Waals surface area contributed by atoms with E-state index in [0.29, 0.717) is 10.3 Å². The average Bonchev–Trinajstić information content (AvgIpc) is 3.59. The number of tetrazole rings is 1. The van der Waals surface area contributed by atoms with Crippen LogP contribution in [0.4, 0.5) is 5.13 Å². The molecule has 5 rings (SSSR count). The molecule has 1 fully saturated rings. The SMILES string of the molecule is CO/N=C(\C(=O)N[C@@H]1C(=O)N2C(C(=O)[O-])=C(CSc3nnnn3Cc3cc(=O)c(O)cn3O)CS[C@@H]12)c1csc(N)n1.[Na+]. The number of rotatable bonds is 10. The second kappa shape index (κ2) is 13.3. The van der Waals surface area contributed by atoms with E-state index in [1.54, 1.807) is 0 Å². The summed E-state index contributed by atoms with van der Waals surface area (Å²) in [6.07, 6.45) is 0.835. The Kier molecular flexibility index (Phi) is 10.0. The van der Waals surface area contributed by atoms with Gasteiger partial charge in [0, 0.05) is 23.0 Å². The number of thiazole rings is 1. The fourth-order valence-corrected chi connectivity index (χ4v) is 6.97. The van der Waals surface area contributed by atoms with Crippen LogP contribution in [0.2, 0.25) is 0 Å². The van der Waals surface area contributed by atoms with Gasteiger partial charge < -0.3 is 36.1 Å². The van der Waals surface area contributed by atoms with Crippen LogP contribution >= 0.6 is 34.9 Å². The van der Waals surface area contributed by atoms with Crippen molar-refractivity contribution in [3.05, 3.63) is 50.5 Å². The Morgan fingerprint density at radius 1 is 1.37 bits per heavy atom. The van der Waals surface area contributed by atoms with Gasteiger partial charge in [-0.05, 0) is 16.0 Å². The molecule has 0 bridgehead atoms. The van der Waals surface area contributed by atoms with Crippen molar-refractivity contribution in [3.8, 4) is 5.75 Å². The number of hydrogen-bond donors (Lipinski definition) is 4. The van der Waals surface area contributed by atoms with Crippen molar-refractivity contribution in [1.29, 1.82) is 0 Å². The largest absolute Gasteiger partial charge is 1.00 e. The molecule has 2 aliphatic rings. The Morgan fingerprint density at radius 2 is 2.14 bits per heavy atom. The molecule has 2 atom stereocenters. The molecule has 2 aliphatic heterocycles. The van der Waals surface area contributed by atoms with Crippen molar-refractivity contribution in [2.75, 3.05) is 24.3 Å². The Hall–Kier alpha value is -3.63. The van der Waals surface area contributed by atoms with E-state index in [0.717, 1.165) is 40.3 Å². The Balaban J connectivity index is 0.00000423. The van der Waals surface area contributed by atoms with E-state index >= 15 is 0 Å². The third-order valence-electron chi connectivity index (χ3n) is 5.96. The molecule has 3 aromatic heterocycles. The number of nitrogen functional groups attached to an aromatic ring is 1. The number of nitrogens with zero attached hydrogens (tertiary/aromatic N) is 8. The summed E-state index contributed by atoms with van der Waals surface area (Å²) in [5.41, 5.74) is 5.00. The third-order valence-corrected chi connectivity index (χ3v) is 9.02. The molecule has 0 aliphatic carbocycles. The minimum Gasteiger partial charge on any atom is -0.543 e. The molecule has 3 aromatic rings. The summed E-state index contributed by atoms with van der Waals surface area (Å²) in [7, 11) is 1.24. The van der Waals surface area contributed by atoms with Gasteiger partial charge in [0.1, 0.15) is 24.2 Å². The maximum atomic E-state index is 13.0. The molecule has 5 heterocycles. The number of nitrogens with two attached hydrogens (primary N) is 1. The number of aliphatic carboxylic acids is 1. The molecule has 18 nitrogen and oxygen atoms in total. The van der Waals surface area contributed by atoms with Gasteiger partial charge in [-0.3, -0.25) is 19.3 Å². The molecule has 22 heteroatoms. The summed E-state index contributed by atoms with van der Waals surface area (Å²) in [4.78, 5) is 59.6. The molecular formula is C21H19N10NaO8S3. The Bertz CT molecular complexity index is 1710. The summed E-state index contributed by atoms with van der Waals surface area (Å²) in [5, 5.41) is 50.3. The van der Waals surface area contributed by atoms with Gasteiger partial charge in [0.05, 0.1) is 30.1 Å². The molecule has 0 radical (unpaired) electrons. The van der Waals surface area contributed by atoms with Crippen LogP contribution in [-0.4, -0.2) is 98.7 Å². The van der Waals surface area contributed by atoms with Gasteiger partial charge in [0.25, 0.3) is 11.8 Å². The van der Waals surface area contributed by atoms with E-state index in [1.165, 1.54) is 28.9 Å². The fourth-order valence-electron chi connectivity index (χ4n) is 4.06. The van der Waals surface area contributed by atoms with Crippen molar-refractivity contribution >= 4 is 63.5 Å². The summed E-state index contributed by atoms with van der Waals surface area (Å²) >= 11 is 3.38. The number of hydrogen-bond acceptors (Lipinski definition) is 17. The van der Waals surface area contributed by atoms with Crippen LogP contribution in [0.3, 0.4) is 0 Å². The predicted octanol–water partition coefficient (Wildman–Crippen LogP) is -5.58. The number of β-lactam (4-membered cyclic amide) rings is 1. The van der Waals surface area contributed by atoms with Gasteiger partial charge in [0.2, 0.25) is 10.6 Å². The van der Waals surface area contributed by atoms with Gasteiger partial charge >= 0.3 is 29.6 Å². The number of aromatic nitrogens is 6. The van der Waals surface area contributed by atoms with Crippen molar-refractivity contribution in [2.45, 2.75) is 23.1 Å². The van der Waals surface area contributed by atoms with E-state index in [9.17, 15) is 34.6 Å². The van der Waals surface area contributed by atoms with E-state index in [2.05, 4.69) is 31.0 Å². The molecular weight excluding hydrogens is 639 g/mol. The first-order valence-electron chi connectivity index (χ1n) is 11.6. The van der Waals surface area contributed by atoms with Crippen molar-refractivity contribution < 1.29 is 64.2 Å². The zero-order valence-electron chi connectivity index (χ0n) is 22.2. The van der Waals surface area contributed by atoms with Crippen LogP contribution < -0.4 is 51.1 Å². The second-order valence-corrected chi connectivity index (χ2v) is 11.5. The number of pyridine rings is 1. The fraction of sp³-hybridized carbons (Fsp3) is 0.286. The predicted molar refractivity (Wildman–Crippen MR) is 144 cm³/mol. The van der Waals surface area contributed by atoms with Gasteiger partial charge in [0.15, 0.2) is 16.6 Å². The molecule has 1 saturated heterocycles. The second-order valence-electron chi connectivity index (χ2n) is 8.56. The van der Waals surface area contributed by atoms with Crippen LogP contribution in [-0.2, 0) is 25.8 Å². The number of aromatic hydroxyl groups is 1. The molecule has 0 saturated carbocycles. The van der Waals surface area contributed by atoms with Crippen LogP contribution in [0.1, 0.15) is 11.4 Å². The van der Waals surface area contributed by atoms with Crippen LogP contribution in [0, 0.1) is 0 Å². The third kappa shape index (κ3) is 6.50. The number of fused-ring (bicyclic) bond motifs is 1. The quantitative estimate of drug-likeness (QED) is 0.0396. The Morgan fingerprint density at radius 3 is 2.81 bits per heavy atom. The van der Waals surface area contributed by atoms with E-state index in [4.69, 9.17) is 10.6 Å². The van der Waals surface area contributed by atoms with Gasteiger partial charge in [-0.25, -0.2) is 9.67 Å². The first-order valence-corrected chi connectivity index (χ1v) is 14.5. The molecule has 5 N–H and O–H groups in total. The number of carboxylic acid groups (broad SMARTS) is 1. The number of oxime groups is 1. The van der Waals surface area contributed by atoms with Crippen molar-refractivity contribution in [2.24, 2.45) is 5.16 Å². The Labute approximate surface area is 275 Å². The number of carbonyl (C=O) groups excluding carboxylic acids is 3. The number of carboxylic acids is 1. The summed E-state index contributed by atoms with van der Waals surface area (Å²) in [5.74, 6) is -3.37. The zero-order chi connectivity index (χ0) is 30.1. The number of nitrogens with one attached hydrogen (secondary N) is 1. The molecule has 0 spiro atoms. The topological polar surface area (TPSA) is 256 Å². The number of thioether (sulfide) groups is 2. The molecule has 220 valence electrons. The smallest absolute Gasteiger partial charge is 0.543 e. The van der Waals surface area contributed by atoms with E-state index in [1.807, 2.05) is 0 Å². The van der Waals surface area contributed by atoms with Gasteiger partial charge in [-0.1, -0.05) is 16.9 Å². The van der Waals surface area contributed by atoms with Crippen LogP contribution in [0.15, 0.2) is 44.0 Å². The van der Waals surface area contributed by atoms with E-state index < -0.39 is 40.4 Å². The standard InChI is InChI=1S/C21H20N10O8S3.Na/c1-39-26-13(10-7-41-20(22)23-10)16(34)24-14-17(35)31-15(19(36)37)8(5-40-18(14)31)6-42-21-25-27-28-29(21)3-9-2-11(32)12(33)4-30(9)38;/h2,4,7,14,18,33,38H,3,5-6H2,1H3,(H2,22,23)(H,24,34)(H,36,37);/q;+1/p-1/b26-13-;/t14-,18+;/m1./s1. The maximum absolute atomic E-state index is 13.0. The summed E-state index contributed by atoms with van der Waals surface area (Å²) in [6, 6.07) is -0.0286. The minimum atomic E-state index is -1.57.